The van der Waals surface area contributed by atoms with Gasteiger partial charge in [0.15, 0.2) is 0 Å². The number of carbonyl (C=O) groups excluding carboxylic acids is 1. The molecule has 0 fully saturated rings. The molecule has 0 aliphatic heterocycles. The molecule has 3 nitrogen and oxygen atoms in total. The van der Waals surface area contributed by atoms with E-state index < -0.39 is 0 Å². The summed E-state index contributed by atoms with van der Waals surface area (Å²) in [6.45, 7) is 0.459. The number of halogens is 1. The average molecular weight is 352 g/mol. The fourth-order valence-corrected chi connectivity index (χ4v) is 3.10. The lowest BCUT2D eigenvalue weighted by molar-refractivity contribution is -0.116. The number of thioether (sulfide) groups is 1. The molecule has 0 aliphatic carbocycles. The Morgan fingerprint density at radius 3 is 2.36 bits per heavy atom. The second-order valence-corrected chi connectivity index (χ2v) is 6.44. The molecule has 0 saturated carbocycles. The highest BCUT2D eigenvalue weighted by atomic mass is 32.2. The van der Waals surface area contributed by atoms with E-state index in [9.17, 15) is 9.18 Å². The second-order valence-electron chi connectivity index (χ2n) is 5.40. The van der Waals surface area contributed by atoms with Crippen LogP contribution in [-0.2, 0) is 11.3 Å². The van der Waals surface area contributed by atoms with Gasteiger partial charge in [0.25, 0.3) is 0 Å². The Morgan fingerprint density at radius 2 is 1.68 bits per heavy atom. The number of pyridine rings is 1. The van der Waals surface area contributed by atoms with Gasteiger partial charge in [-0.3, -0.25) is 9.69 Å². The molecule has 0 N–H and O–H groups in total. The molecule has 0 unspecified atom stereocenters. The minimum atomic E-state index is -0.283. The molecule has 1 heterocycles. The Morgan fingerprint density at radius 1 is 0.960 bits per heavy atom. The molecule has 0 aliphatic rings. The van der Waals surface area contributed by atoms with Crippen LogP contribution in [0.5, 0.6) is 0 Å². The quantitative estimate of drug-likeness (QED) is 0.611. The Hall–Kier alpha value is -2.66. The molecule has 25 heavy (non-hydrogen) atoms. The molecule has 0 saturated heterocycles. The van der Waals surface area contributed by atoms with Crippen LogP contribution in [-0.4, -0.2) is 16.6 Å². The van der Waals surface area contributed by atoms with Gasteiger partial charge in [0.05, 0.1) is 12.3 Å². The number of hydrogen-bond acceptors (Lipinski definition) is 3. The lowest BCUT2D eigenvalue weighted by Gasteiger charge is -2.21. The van der Waals surface area contributed by atoms with Gasteiger partial charge in [0.1, 0.15) is 11.6 Å². The standard InChI is InChI=1S/C20H17FN2OS/c21-17-9-11-18(12-10-17)25-15-20(24)23(19-8-4-5-13-22-19)14-16-6-2-1-3-7-16/h1-13H,14-15H2. The molecule has 0 atom stereocenters. The molecular weight excluding hydrogens is 335 g/mol. The maximum Gasteiger partial charge on any atom is 0.238 e. The molecule has 0 bridgehead atoms. The Balaban J connectivity index is 1.74. The summed E-state index contributed by atoms with van der Waals surface area (Å²) in [5, 5.41) is 0. The monoisotopic (exact) mass is 352 g/mol. The first-order chi connectivity index (χ1) is 12.2. The van der Waals surface area contributed by atoms with Crippen LogP contribution in [0, 0.1) is 5.82 Å². The number of anilines is 1. The molecule has 0 spiro atoms. The highest BCUT2D eigenvalue weighted by Crippen LogP contribution is 2.21. The third-order valence-electron chi connectivity index (χ3n) is 3.59. The van der Waals surface area contributed by atoms with Crippen molar-refractivity contribution in [2.24, 2.45) is 0 Å². The summed E-state index contributed by atoms with van der Waals surface area (Å²) in [4.78, 5) is 19.6. The predicted molar refractivity (Wildman–Crippen MR) is 99.0 cm³/mol. The van der Waals surface area contributed by atoms with Gasteiger partial charge < -0.3 is 0 Å². The fourth-order valence-electron chi connectivity index (χ4n) is 2.33. The SMILES string of the molecule is O=C(CSc1ccc(F)cc1)N(Cc1ccccc1)c1ccccn1. The molecular formula is C20H17FN2OS. The van der Waals surface area contributed by atoms with Crippen molar-refractivity contribution < 1.29 is 9.18 Å². The van der Waals surface area contributed by atoms with Crippen LogP contribution < -0.4 is 4.90 Å². The van der Waals surface area contributed by atoms with E-state index in [-0.39, 0.29) is 17.5 Å². The van der Waals surface area contributed by atoms with Crippen molar-refractivity contribution in [3.05, 3.63) is 90.4 Å². The largest absolute Gasteiger partial charge is 0.292 e. The number of carbonyl (C=O) groups is 1. The van der Waals surface area contributed by atoms with E-state index in [0.29, 0.717) is 12.4 Å². The van der Waals surface area contributed by atoms with Crippen molar-refractivity contribution in [1.29, 1.82) is 0 Å². The van der Waals surface area contributed by atoms with Gasteiger partial charge in [-0.1, -0.05) is 36.4 Å². The van der Waals surface area contributed by atoms with Crippen LogP contribution in [0.2, 0.25) is 0 Å². The zero-order valence-corrected chi connectivity index (χ0v) is 14.3. The first-order valence-electron chi connectivity index (χ1n) is 7.86. The normalized spacial score (nSPS) is 10.4. The van der Waals surface area contributed by atoms with Gasteiger partial charge >= 0.3 is 0 Å². The summed E-state index contributed by atoms with van der Waals surface area (Å²) in [5.41, 5.74) is 1.04. The summed E-state index contributed by atoms with van der Waals surface area (Å²) >= 11 is 1.39. The van der Waals surface area contributed by atoms with E-state index in [1.165, 1.54) is 23.9 Å². The third kappa shape index (κ3) is 4.90. The van der Waals surface area contributed by atoms with E-state index >= 15 is 0 Å². The van der Waals surface area contributed by atoms with Crippen LogP contribution in [0.4, 0.5) is 10.2 Å². The highest BCUT2D eigenvalue weighted by molar-refractivity contribution is 8.00. The van der Waals surface area contributed by atoms with E-state index in [1.54, 1.807) is 23.2 Å². The van der Waals surface area contributed by atoms with Crippen LogP contribution in [0.15, 0.2) is 83.9 Å². The minimum absolute atomic E-state index is 0.0446. The molecule has 3 aromatic rings. The number of nitrogens with zero attached hydrogens (tertiary/aromatic N) is 2. The van der Waals surface area contributed by atoms with Gasteiger partial charge in [-0.2, -0.15) is 0 Å². The predicted octanol–water partition coefficient (Wildman–Crippen LogP) is 4.55. The number of rotatable bonds is 6. The fraction of sp³-hybridized carbons (Fsp3) is 0.100. The molecule has 0 radical (unpaired) electrons. The van der Waals surface area contributed by atoms with Gasteiger partial charge in [-0.05, 0) is 42.0 Å². The van der Waals surface area contributed by atoms with E-state index in [4.69, 9.17) is 0 Å². The molecule has 3 rings (SSSR count). The van der Waals surface area contributed by atoms with Crippen LogP contribution >= 0.6 is 11.8 Å². The zero-order valence-electron chi connectivity index (χ0n) is 13.5. The van der Waals surface area contributed by atoms with Crippen LogP contribution in [0.25, 0.3) is 0 Å². The smallest absolute Gasteiger partial charge is 0.238 e. The Bertz CT molecular complexity index is 810. The van der Waals surface area contributed by atoms with Crippen molar-refractivity contribution in [3.8, 4) is 0 Å². The molecule has 1 aromatic heterocycles. The first-order valence-corrected chi connectivity index (χ1v) is 8.84. The van der Waals surface area contributed by atoms with Crippen LogP contribution in [0.1, 0.15) is 5.56 Å². The van der Waals surface area contributed by atoms with Crippen molar-refractivity contribution in [2.45, 2.75) is 11.4 Å². The lowest BCUT2D eigenvalue weighted by atomic mass is 10.2. The van der Waals surface area contributed by atoms with Gasteiger partial charge in [-0.15, -0.1) is 11.8 Å². The average Bonchev–Trinajstić information content (AvgIpc) is 2.67. The van der Waals surface area contributed by atoms with Gasteiger partial charge in [0, 0.05) is 11.1 Å². The molecule has 5 heteroatoms. The summed E-state index contributed by atoms with van der Waals surface area (Å²) in [5.74, 6) is 0.553. The summed E-state index contributed by atoms with van der Waals surface area (Å²) in [7, 11) is 0. The van der Waals surface area contributed by atoms with Crippen LogP contribution in [0.3, 0.4) is 0 Å². The zero-order chi connectivity index (χ0) is 17.5. The highest BCUT2D eigenvalue weighted by Gasteiger charge is 2.17. The molecule has 126 valence electrons. The number of benzene rings is 2. The van der Waals surface area contributed by atoms with Crippen molar-refractivity contribution in [2.75, 3.05) is 10.7 Å². The topological polar surface area (TPSA) is 33.2 Å². The van der Waals surface area contributed by atoms with E-state index in [0.717, 1.165) is 10.5 Å². The first kappa shape index (κ1) is 17.2. The van der Waals surface area contributed by atoms with Gasteiger partial charge in [-0.25, -0.2) is 9.37 Å². The van der Waals surface area contributed by atoms with Crippen molar-refractivity contribution >= 4 is 23.5 Å². The van der Waals surface area contributed by atoms with Crippen molar-refractivity contribution in [1.82, 2.24) is 4.98 Å². The summed E-state index contributed by atoms with van der Waals surface area (Å²) in [6, 6.07) is 21.5. The van der Waals surface area contributed by atoms with Gasteiger partial charge in [0.2, 0.25) is 5.91 Å². The molecule has 1 amide bonds. The minimum Gasteiger partial charge on any atom is -0.292 e. The Kier molecular flexibility index (Phi) is 5.80. The number of amides is 1. The second kappa shape index (κ2) is 8.44. The third-order valence-corrected chi connectivity index (χ3v) is 4.58. The summed E-state index contributed by atoms with van der Waals surface area (Å²) in [6.07, 6.45) is 1.67. The Labute approximate surface area is 150 Å². The molecule has 2 aromatic carbocycles. The number of aromatic nitrogens is 1. The number of hydrogen-bond donors (Lipinski definition) is 0. The van der Waals surface area contributed by atoms with Crippen molar-refractivity contribution in [3.63, 3.8) is 0 Å². The van der Waals surface area contributed by atoms with E-state index in [2.05, 4.69) is 4.98 Å². The van der Waals surface area contributed by atoms with E-state index in [1.807, 2.05) is 48.5 Å². The maximum absolute atomic E-state index is 13.0. The maximum atomic E-state index is 13.0. The lowest BCUT2D eigenvalue weighted by Crippen LogP contribution is -2.32. The summed E-state index contributed by atoms with van der Waals surface area (Å²) < 4.78 is 13.0.